The molecule has 1 aliphatic rings. The standard InChI is InChI=1S/C22H23NO4/c1-15(2)13-23-19-10-6-5-9-17(19)18(22(23)25)12-16-8-4-7-11-20(16)27-14-21(24)26-3/h4-12,15H,13-14H2,1-3H3/b18-12-. The number of ether oxygens (including phenoxy) is 2. The topological polar surface area (TPSA) is 55.8 Å². The average Bonchev–Trinajstić information content (AvgIpc) is 2.92. The fourth-order valence-electron chi connectivity index (χ4n) is 3.07. The maximum atomic E-state index is 13.1. The van der Waals surface area contributed by atoms with E-state index in [4.69, 9.17) is 4.74 Å². The number of methoxy groups -OCH3 is 1. The van der Waals surface area contributed by atoms with Crippen LogP contribution < -0.4 is 9.64 Å². The summed E-state index contributed by atoms with van der Waals surface area (Å²) in [5.41, 5.74) is 3.20. The van der Waals surface area contributed by atoms with Crippen LogP contribution >= 0.6 is 0 Å². The fourth-order valence-corrected chi connectivity index (χ4v) is 3.07. The zero-order valence-electron chi connectivity index (χ0n) is 15.8. The smallest absolute Gasteiger partial charge is 0.343 e. The lowest BCUT2D eigenvalue weighted by atomic mass is 10.0. The summed E-state index contributed by atoms with van der Waals surface area (Å²) in [6.07, 6.45) is 1.83. The lowest BCUT2D eigenvalue weighted by molar-refractivity contribution is -0.142. The molecule has 140 valence electrons. The van der Waals surface area contributed by atoms with E-state index in [0.717, 1.165) is 16.8 Å². The Morgan fingerprint density at radius 2 is 1.81 bits per heavy atom. The molecule has 0 saturated carbocycles. The lowest BCUT2D eigenvalue weighted by Gasteiger charge is -2.19. The van der Waals surface area contributed by atoms with E-state index in [0.29, 0.717) is 23.8 Å². The Labute approximate surface area is 159 Å². The molecule has 0 radical (unpaired) electrons. The number of amides is 1. The first-order valence-corrected chi connectivity index (χ1v) is 8.93. The maximum Gasteiger partial charge on any atom is 0.343 e. The van der Waals surface area contributed by atoms with Crippen molar-refractivity contribution in [1.29, 1.82) is 0 Å². The molecule has 0 fully saturated rings. The van der Waals surface area contributed by atoms with Gasteiger partial charge in [0.05, 0.1) is 12.8 Å². The van der Waals surface area contributed by atoms with Crippen molar-refractivity contribution in [2.75, 3.05) is 25.2 Å². The fraction of sp³-hybridized carbons (Fsp3) is 0.273. The van der Waals surface area contributed by atoms with E-state index in [2.05, 4.69) is 18.6 Å². The minimum atomic E-state index is -0.456. The van der Waals surface area contributed by atoms with E-state index in [1.807, 2.05) is 53.4 Å². The Morgan fingerprint density at radius 1 is 1.11 bits per heavy atom. The Hall–Kier alpha value is -3.08. The number of anilines is 1. The number of para-hydroxylation sites is 2. The molecule has 0 spiro atoms. The molecule has 1 amide bonds. The van der Waals surface area contributed by atoms with Crippen LogP contribution in [0.5, 0.6) is 5.75 Å². The van der Waals surface area contributed by atoms with E-state index in [1.165, 1.54) is 7.11 Å². The van der Waals surface area contributed by atoms with E-state index < -0.39 is 5.97 Å². The van der Waals surface area contributed by atoms with Crippen LogP contribution in [0.4, 0.5) is 5.69 Å². The third-order valence-corrected chi connectivity index (χ3v) is 4.30. The van der Waals surface area contributed by atoms with Crippen molar-refractivity contribution in [3.05, 3.63) is 59.7 Å². The molecule has 2 aromatic rings. The van der Waals surface area contributed by atoms with Crippen LogP contribution in [-0.4, -0.2) is 32.1 Å². The molecule has 0 bridgehead atoms. The Morgan fingerprint density at radius 3 is 2.56 bits per heavy atom. The number of fused-ring (bicyclic) bond motifs is 1. The van der Waals surface area contributed by atoms with Gasteiger partial charge in [0, 0.05) is 23.2 Å². The normalized spacial score (nSPS) is 14.6. The van der Waals surface area contributed by atoms with Gasteiger partial charge in [0.15, 0.2) is 6.61 Å². The highest BCUT2D eigenvalue weighted by molar-refractivity contribution is 6.35. The minimum Gasteiger partial charge on any atom is -0.481 e. The van der Waals surface area contributed by atoms with Gasteiger partial charge in [0.1, 0.15) is 5.75 Å². The molecule has 2 aromatic carbocycles. The molecule has 27 heavy (non-hydrogen) atoms. The SMILES string of the molecule is COC(=O)COc1ccccc1/C=C1\C(=O)N(CC(C)C)c2ccccc21. The largest absolute Gasteiger partial charge is 0.481 e. The van der Waals surface area contributed by atoms with Crippen molar-refractivity contribution in [2.45, 2.75) is 13.8 Å². The van der Waals surface area contributed by atoms with Gasteiger partial charge in [0.2, 0.25) is 0 Å². The van der Waals surface area contributed by atoms with Gasteiger partial charge in [-0.3, -0.25) is 4.79 Å². The van der Waals surface area contributed by atoms with Crippen LogP contribution in [0, 0.1) is 5.92 Å². The highest BCUT2D eigenvalue weighted by Gasteiger charge is 2.32. The van der Waals surface area contributed by atoms with Crippen molar-refractivity contribution in [3.63, 3.8) is 0 Å². The monoisotopic (exact) mass is 365 g/mol. The Kier molecular flexibility index (Phi) is 5.60. The zero-order valence-corrected chi connectivity index (χ0v) is 15.8. The molecule has 1 heterocycles. The van der Waals surface area contributed by atoms with Crippen molar-refractivity contribution in [2.24, 2.45) is 5.92 Å². The molecule has 0 saturated heterocycles. The molecule has 0 unspecified atom stereocenters. The summed E-state index contributed by atoms with van der Waals surface area (Å²) < 4.78 is 10.2. The lowest BCUT2D eigenvalue weighted by Crippen LogP contribution is -2.30. The number of hydrogen-bond acceptors (Lipinski definition) is 4. The summed E-state index contributed by atoms with van der Waals surface area (Å²) in [5.74, 6) is 0.413. The van der Waals surface area contributed by atoms with E-state index in [-0.39, 0.29) is 12.5 Å². The molecule has 0 aliphatic carbocycles. The van der Waals surface area contributed by atoms with Gasteiger partial charge in [-0.05, 0) is 24.1 Å². The van der Waals surface area contributed by atoms with Crippen LogP contribution in [0.2, 0.25) is 0 Å². The number of esters is 1. The molecular formula is C22H23NO4. The van der Waals surface area contributed by atoms with Crippen LogP contribution in [0.15, 0.2) is 48.5 Å². The van der Waals surface area contributed by atoms with Gasteiger partial charge < -0.3 is 14.4 Å². The molecule has 0 atom stereocenters. The van der Waals surface area contributed by atoms with Crippen LogP contribution in [0.1, 0.15) is 25.0 Å². The van der Waals surface area contributed by atoms with Gasteiger partial charge in [-0.25, -0.2) is 4.79 Å². The molecule has 5 heteroatoms. The molecule has 0 N–H and O–H groups in total. The van der Waals surface area contributed by atoms with Gasteiger partial charge in [-0.15, -0.1) is 0 Å². The predicted octanol–water partition coefficient (Wildman–Crippen LogP) is 3.78. The minimum absolute atomic E-state index is 0.0207. The first-order valence-electron chi connectivity index (χ1n) is 8.93. The van der Waals surface area contributed by atoms with Gasteiger partial charge in [-0.1, -0.05) is 50.2 Å². The first kappa shape index (κ1) is 18.7. The highest BCUT2D eigenvalue weighted by Crippen LogP contribution is 2.38. The molecule has 1 aliphatic heterocycles. The Balaban J connectivity index is 1.98. The summed E-state index contributed by atoms with van der Waals surface area (Å²) in [6.45, 7) is 4.66. The quantitative estimate of drug-likeness (QED) is 0.577. The third kappa shape index (κ3) is 4.03. The summed E-state index contributed by atoms with van der Waals surface area (Å²) in [6, 6.07) is 15.1. The number of carbonyl (C=O) groups is 2. The van der Waals surface area contributed by atoms with Gasteiger partial charge in [0.25, 0.3) is 5.91 Å². The maximum absolute atomic E-state index is 13.1. The molecular weight excluding hydrogens is 342 g/mol. The number of benzene rings is 2. The summed E-state index contributed by atoms with van der Waals surface area (Å²) in [5, 5.41) is 0. The highest BCUT2D eigenvalue weighted by atomic mass is 16.6. The van der Waals surface area contributed by atoms with Crippen molar-refractivity contribution in [1.82, 2.24) is 0 Å². The van der Waals surface area contributed by atoms with E-state index in [1.54, 1.807) is 6.07 Å². The number of hydrogen-bond donors (Lipinski definition) is 0. The molecule has 0 aromatic heterocycles. The second-order valence-corrected chi connectivity index (χ2v) is 6.79. The zero-order chi connectivity index (χ0) is 19.4. The number of rotatable bonds is 6. The van der Waals surface area contributed by atoms with Crippen LogP contribution in [0.25, 0.3) is 11.6 Å². The summed E-state index contributed by atoms with van der Waals surface area (Å²) in [7, 11) is 1.32. The third-order valence-electron chi connectivity index (χ3n) is 4.30. The predicted molar refractivity (Wildman–Crippen MR) is 105 cm³/mol. The first-order chi connectivity index (χ1) is 13.0. The number of nitrogens with zero attached hydrogens (tertiary/aromatic N) is 1. The van der Waals surface area contributed by atoms with E-state index >= 15 is 0 Å². The van der Waals surface area contributed by atoms with Crippen molar-refractivity contribution in [3.8, 4) is 5.75 Å². The average molecular weight is 365 g/mol. The van der Waals surface area contributed by atoms with E-state index in [9.17, 15) is 9.59 Å². The molecule has 3 rings (SSSR count). The van der Waals surface area contributed by atoms with Crippen molar-refractivity contribution >= 4 is 29.2 Å². The van der Waals surface area contributed by atoms with Gasteiger partial charge >= 0.3 is 5.97 Å². The van der Waals surface area contributed by atoms with Crippen LogP contribution in [-0.2, 0) is 14.3 Å². The number of carbonyl (C=O) groups excluding carboxylic acids is 2. The Bertz CT molecular complexity index is 885. The summed E-state index contributed by atoms with van der Waals surface area (Å²) in [4.78, 5) is 26.3. The van der Waals surface area contributed by atoms with Crippen LogP contribution in [0.3, 0.4) is 0 Å². The second kappa shape index (κ2) is 8.08. The van der Waals surface area contributed by atoms with Gasteiger partial charge in [-0.2, -0.15) is 0 Å². The second-order valence-electron chi connectivity index (χ2n) is 6.79. The van der Waals surface area contributed by atoms with Crippen molar-refractivity contribution < 1.29 is 19.1 Å². The molecule has 5 nitrogen and oxygen atoms in total. The summed E-state index contributed by atoms with van der Waals surface area (Å²) >= 11 is 0.